The minimum Gasteiger partial charge on any atom is -0.336 e. The molecule has 3 heterocycles. The zero-order chi connectivity index (χ0) is 17.4. The van der Waals surface area contributed by atoms with E-state index < -0.39 is 0 Å². The lowest BCUT2D eigenvalue weighted by atomic mass is 10.2. The number of aryl methyl sites for hydroxylation is 2. The van der Waals surface area contributed by atoms with Crippen LogP contribution >= 0.6 is 22.7 Å². The van der Waals surface area contributed by atoms with E-state index in [1.807, 2.05) is 24.0 Å². The Kier molecular flexibility index (Phi) is 4.58. The van der Waals surface area contributed by atoms with Crippen LogP contribution in [0.5, 0.6) is 0 Å². The molecule has 0 aliphatic carbocycles. The first kappa shape index (κ1) is 16.7. The van der Waals surface area contributed by atoms with Gasteiger partial charge in [-0.2, -0.15) is 0 Å². The molecule has 0 radical (unpaired) electrons. The van der Waals surface area contributed by atoms with E-state index >= 15 is 0 Å². The molecule has 4 nitrogen and oxygen atoms in total. The topological polar surface area (TPSA) is 36.4 Å². The second-order valence-corrected chi connectivity index (χ2v) is 9.05. The lowest BCUT2D eigenvalue weighted by Gasteiger charge is -2.34. The minimum atomic E-state index is 0.182. The van der Waals surface area contributed by atoms with Crippen LogP contribution in [-0.4, -0.2) is 46.9 Å². The maximum Gasteiger partial charge on any atom is 0.255 e. The van der Waals surface area contributed by atoms with Crippen molar-refractivity contribution >= 4 is 38.8 Å². The molecule has 1 aromatic carbocycles. The molecule has 1 fully saturated rings. The molecule has 2 aromatic heterocycles. The van der Waals surface area contributed by atoms with Gasteiger partial charge in [0.25, 0.3) is 5.91 Å². The lowest BCUT2D eigenvalue weighted by molar-refractivity contribution is 0.0628. The minimum absolute atomic E-state index is 0.182. The van der Waals surface area contributed by atoms with E-state index in [9.17, 15) is 4.79 Å². The number of para-hydroxylation sites is 1. The molecular weight excluding hydrogens is 350 g/mol. The summed E-state index contributed by atoms with van der Waals surface area (Å²) in [5.74, 6) is 0.182. The molecule has 0 saturated carbocycles. The molecule has 1 aliphatic heterocycles. The van der Waals surface area contributed by atoms with E-state index in [2.05, 4.69) is 30.0 Å². The molecule has 0 bridgehead atoms. The highest BCUT2D eigenvalue weighted by Gasteiger charge is 2.24. The van der Waals surface area contributed by atoms with Crippen molar-refractivity contribution in [1.82, 2.24) is 14.8 Å². The second-order valence-electron chi connectivity index (χ2n) is 6.47. The van der Waals surface area contributed by atoms with Crippen molar-refractivity contribution in [1.29, 1.82) is 0 Å². The summed E-state index contributed by atoms with van der Waals surface area (Å²) in [7, 11) is 0. The highest BCUT2D eigenvalue weighted by molar-refractivity contribution is 7.18. The first-order chi connectivity index (χ1) is 12.1. The van der Waals surface area contributed by atoms with Crippen LogP contribution in [0, 0.1) is 13.8 Å². The smallest absolute Gasteiger partial charge is 0.255 e. The summed E-state index contributed by atoms with van der Waals surface area (Å²) in [6, 6.07) is 10.3. The van der Waals surface area contributed by atoms with Crippen LogP contribution in [0.2, 0.25) is 0 Å². The zero-order valence-corrected chi connectivity index (χ0v) is 16.1. The molecule has 6 heteroatoms. The van der Waals surface area contributed by atoms with Crippen LogP contribution in [-0.2, 0) is 6.54 Å². The van der Waals surface area contributed by atoms with Gasteiger partial charge in [-0.15, -0.1) is 22.7 Å². The van der Waals surface area contributed by atoms with Crippen molar-refractivity contribution in [2.45, 2.75) is 20.4 Å². The van der Waals surface area contributed by atoms with Gasteiger partial charge in [-0.25, -0.2) is 4.98 Å². The average molecular weight is 372 g/mol. The van der Waals surface area contributed by atoms with Crippen molar-refractivity contribution in [3.8, 4) is 0 Å². The fourth-order valence-corrected chi connectivity index (χ4v) is 5.23. The molecule has 1 amide bonds. The Morgan fingerprint density at radius 3 is 2.56 bits per heavy atom. The van der Waals surface area contributed by atoms with Gasteiger partial charge in [-0.3, -0.25) is 9.69 Å². The highest BCUT2D eigenvalue weighted by atomic mass is 32.1. The second kappa shape index (κ2) is 6.86. The summed E-state index contributed by atoms with van der Waals surface area (Å²) in [6.07, 6.45) is 0. The van der Waals surface area contributed by atoms with Crippen LogP contribution in [0.15, 0.2) is 30.3 Å². The fourth-order valence-electron chi connectivity index (χ4n) is 3.30. The van der Waals surface area contributed by atoms with Gasteiger partial charge in [0.1, 0.15) is 5.01 Å². The van der Waals surface area contributed by atoms with Gasteiger partial charge in [0.15, 0.2) is 0 Å². The van der Waals surface area contributed by atoms with Gasteiger partial charge in [-0.05, 0) is 32.0 Å². The quantitative estimate of drug-likeness (QED) is 0.700. The molecule has 0 spiro atoms. The summed E-state index contributed by atoms with van der Waals surface area (Å²) in [6.45, 7) is 8.36. The first-order valence-corrected chi connectivity index (χ1v) is 10.2. The Balaban J connectivity index is 1.38. The number of nitrogens with zero attached hydrogens (tertiary/aromatic N) is 3. The molecule has 0 N–H and O–H groups in total. The summed E-state index contributed by atoms with van der Waals surface area (Å²) < 4.78 is 1.25. The SMILES string of the molecule is Cc1cc(C(=O)N2CCN(Cc3nc4ccccc4s3)CC2)c(C)s1. The van der Waals surface area contributed by atoms with Gasteiger partial charge in [0.2, 0.25) is 0 Å². The van der Waals surface area contributed by atoms with Crippen LogP contribution in [0.1, 0.15) is 25.1 Å². The Hall–Kier alpha value is -1.76. The van der Waals surface area contributed by atoms with Gasteiger partial charge in [0, 0.05) is 35.9 Å². The van der Waals surface area contributed by atoms with Crippen molar-refractivity contribution < 1.29 is 4.79 Å². The monoisotopic (exact) mass is 371 g/mol. The number of thiazole rings is 1. The Morgan fingerprint density at radius 1 is 1.12 bits per heavy atom. The molecule has 4 rings (SSSR count). The third-order valence-electron chi connectivity index (χ3n) is 4.63. The van der Waals surface area contributed by atoms with Crippen LogP contribution in [0.3, 0.4) is 0 Å². The number of hydrogen-bond donors (Lipinski definition) is 0. The van der Waals surface area contributed by atoms with Gasteiger partial charge in [0.05, 0.1) is 22.3 Å². The van der Waals surface area contributed by atoms with Gasteiger partial charge >= 0.3 is 0 Å². The number of rotatable bonds is 3. The van der Waals surface area contributed by atoms with Crippen LogP contribution in [0.25, 0.3) is 10.2 Å². The third kappa shape index (κ3) is 3.47. The molecule has 0 unspecified atom stereocenters. The standard InChI is InChI=1S/C19H21N3OS2/c1-13-11-15(14(2)24-13)19(23)22-9-7-21(8-10-22)12-18-20-16-5-3-4-6-17(16)25-18/h3-6,11H,7-10,12H2,1-2H3. The number of hydrogen-bond acceptors (Lipinski definition) is 5. The summed E-state index contributed by atoms with van der Waals surface area (Å²) in [5.41, 5.74) is 1.96. The van der Waals surface area contributed by atoms with E-state index in [0.29, 0.717) is 0 Å². The maximum absolute atomic E-state index is 12.7. The van der Waals surface area contributed by atoms with Gasteiger partial charge < -0.3 is 4.90 Å². The van der Waals surface area contributed by atoms with Crippen molar-refractivity contribution in [2.24, 2.45) is 0 Å². The Bertz CT molecular complexity index is 873. The predicted molar refractivity (Wildman–Crippen MR) is 105 cm³/mol. The highest BCUT2D eigenvalue weighted by Crippen LogP contribution is 2.24. The van der Waals surface area contributed by atoms with Crippen molar-refractivity contribution in [2.75, 3.05) is 26.2 Å². The van der Waals surface area contributed by atoms with E-state index in [0.717, 1.165) is 53.7 Å². The number of fused-ring (bicyclic) bond motifs is 1. The summed E-state index contributed by atoms with van der Waals surface area (Å²) in [4.78, 5) is 24.2. The van der Waals surface area contributed by atoms with Crippen LogP contribution < -0.4 is 0 Å². The van der Waals surface area contributed by atoms with E-state index in [-0.39, 0.29) is 5.91 Å². The van der Waals surface area contributed by atoms with Crippen LogP contribution in [0.4, 0.5) is 0 Å². The molecule has 0 atom stereocenters. The van der Waals surface area contributed by atoms with Crippen molar-refractivity contribution in [3.05, 3.63) is 50.7 Å². The zero-order valence-electron chi connectivity index (χ0n) is 14.5. The average Bonchev–Trinajstić information content (AvgIpc) is 3.16. The number of thiophene rings is 1. The molecule has 1 aliphatic rings. The molecule has 3 aromatic rings. The van der Waals surface area contributed by atoms with E-state index in [1.165, 1.54) is 9.58 Å². The first-order valence-electron chi connectivity index (χ1n) is 8.53. The molecule has 130 valence electrons. The molecular formula is C19H21N3OS2. The lowest BCUT2D eigenvalue weighted by Crippen LogP contribution is -2.48. The summed E-state index contributed by atoms with van der Waals surface area (Å²) in [5, 5.41) is 1.16. The Labute approximate surface area is 155 Å². The van der Waals surface area contributed by atoms with Gasteiger partial charge in [-0.1, -0.05) is 12.1 Å². The van der Waals surface area contributed by atoms with Crippen molar-refractivity contribution in [3.63, 3.8) is 0 Å². The number of benzene rings is 1. The molecule has 1 saturated heterocycles. The number of carbonyl (C=O) groups is 1. The normalized spacial score (nSPS) is 15.8. The van der Waals surface area contributed by atoms with E-state index in [4.69, 9.17) is 4.98 Å². The predicted octanol–water partition coefficient (Wildman–Crippen LogP) is 3.93. The summed E-state index contributed by atoms with van der Waals surface area (Å²) >= 11 is 3.47. The van der Waals surface area contributed by atoms with E-state index in [1.54, 1.807) is 22.7 Å². The molecule has 25 heavy (non-hydrogen) atoms. The number of carbonyl (C=O) groups excluding carboxylic acids is 1. The number of amides is 1. The fraction of sp³-hybridized carbons (Fsp3) is 0.368. The third-order valence-corrected chi connectivity index (χ3v) is 6.62. The number of aromatic nitrogens is 1. The maximum atomic E-state index is 12.7. The number of piperazine rings is 1. The largest absolute Gasteiger partial charge is 0.336 e. The Morgan fingerprint density at radius 2 is 1.88 bits per heavy atom.